The van der Waals surface area contributed by atoms with E-state index in [1.54, 1.807) is 7.11 Å². The Kier molecular flexibility index (Phi) is 5.47. The second kappa shape index (κ2) is 7.34. The molecule has 1 aromatic carbocycles. The lowest BCUT2D eigenvalue weighted by Gasteiger charge is -2.10. The maximum atomic E-state index is 12.5. The van der Waals surface area contributed by atoms with Crippen LogP contribution in [0.2, 0.25) is 0 Å². The largest absolute Gasteiger partial charge is 0.497 e. The Morgan fingerprint density at radius 1 is 1.18 bits per heavy atom. The summed E-state index contributed by atoms with van der Waals surface area (Å²) >= 11 is 0. The Morgan fingerprint density at radius 3 is 2.55 bits per heavy atom. The molecule has 0 aliphatic rings. The third-order valence-electron chi connectivity index (χ3n) is 3.79. The van der Waals surface area contributed by atoms with E-state index in [-0.39, 0.29) is 5.97 Å². The molecule has 2 aromatic rings. The second-order valence-electron chi connectivity index (χ2n) is 5.33. The topological polar surface area (TPSA) is 40.5 Å². The highest BCUT2D eigenvalue weighted by molar-refractivity contribution is 5.99. The Balaban J connectivity index is 2.73. The van der Waals surface area contributed by atoms with Crippen LogP contribution in [0, 0.1) is 0 Å². The lowest BCUT2D eigenvalue weighted by molar-refractivity contribution is 0.0513. The summed E-state index contributed by atoms with van der Waals surface area (Å²) in [5, 5.41) is 1.10. The van der Waals surface area contributed by atoms with Gasteiger partial charge in [-0.15, -0.1) is 0 Å². The number of rotatable bonds is 7. The second-order valence-corrected chi connectivity index (χ2v) is 5.33. The van der Waals surface area contributed by atoms with Crippen molar-refractivity contribution < 1.29 is 14.3 Å². The molecule has 0 amide bonds. The molecular weight excluding hydrogens is 278 g/mol. The first-order valence-electron chi connectivity index (χ1n) is 8.04. The van der Waals surface area contributed by atoms with Gasteiger partial charge in [0.15, 0.2) is 0 Å². The summed E-state index contributed by atoms with van der Waals surface area (Å²) in [5.41, 5.74) is 2.85. The molecule has 0 fully saturated rings. The summed E-state index contributed by atoms with van der Waals surface area (Å²) in [6, 6.07) is 6.00. The number of esters is 1. The summed E-state index contributed by atoms with van der Waals surface area (Å²) in [7, 11) is 1.66. The van der Waals surface area contributed by atoms with Crippen LogP contribution < -0.4 is 4.74 Å². The van der Waals surface area contributed by atoms with Crippen molar-refractivity contribution in [3.8, 4) is 5.75 Å². The fraction of sp³-hybridized carbons (Fsp3) is 0.500. The molecule has 0 aliphatic carbocycles. The quantitative estimate of drug-likeness (QED) is 0.720. The van der Waals surface area contributed by atoms with Crippen LogP contribution in [0.15, 0.2) is 18.2 Å². The van der Waals surface area contributed by atoms with Gasteiger partial charge >= 0.3 is 5.97 Å². The van der Waals surface area contributed by atoms with Gasteiger partial charge in [0.2, 0.25) is 0 Å². The zero-order valence-electron chi connectivity index (χ0n) is 13.9. The van der Waals surface area contributed by atoms with Gasteiger partial charge in [-0.25, -0.2) is 4.79 Å². The first-order chi connectivity index (χ1) is 10.7. The molecule has 0 saturated carbocycles. The number of hydrogen-bond donors (Lipinski definition) is 0. The lowest BCUT2D eigenvalue weighted by Crippen LogP contribution is -2.14. The number of fused-ring (bicyclic) bond motifs is 1. The minimum atomic E-state index is -0.227. The Bertz CT molecular complexity index is 658. The first kappa shape index (κ1) is 16.4. The Labute approximate surface area is 132 Å². The van der Waals surface area contributed by atoms with Crippen molar-refractivity contribution in [2.24, 2.45) is 0 Å². The van der Waals surface area contributed by atoms with Gasteiger partial charge in [0.05, 0.1) is 13.7 Å². The van der Waals surface area contributed by atoms with Crippen LogP contribution >= 0.6 is 0 Å². The summed E-state index contributed by atoms with van der Waals surface area (Å²) in [5.74, 6) is 0.587. The van der Waals surface area contributed by atoms with Crippen LogP contribution in [0.3, 0.4) is 0 Å². The van der Waals surface area contributed by atoms with Crippen LogP contribution in [0.25, 0.3) is 10.9 Å². The van der Waals surface area contributed by atoms with Gasteiger partial charge in [0, 0.05) is 17.4 Å². The number of carbonyl (C=O) groups is 1. The SMILES string of the molecule is CCCc1c(C(=O)OCC)n(CCC)c2ccc(OC)cc12. The molecule has 0 radical (unpaired) electrons. The molecule has 1 heterocycles. The molecular formula is C18H25NO3. The number of aromatic nitrogens is 1. The number of hydrogen-bond acceptors (Lipinski definition) is 3. The lowest BCUT2D eigenvalue weighted by atomic mass is 10.1. The summed E-state index contributed by atoms with van der Waals surface area (Å²) < 4.78 is 12.7. The van der Waals surface area contributed by atoms with Crippen molar-refractivity contribution in [2.45, 2.75) is 46.6 Å². The molecule has 0 unspecified atom stereocenters. The molecule has 0 spiro atoms. The van der Waals surface area contributed by atoms with E-state index in [1.165, 1.54) is 0 Å². The molecule has 120 valence electrons. The van der Waals surface area contributed by atoms with Gasteiger partial charge in [0.25, 0.3) is 0 Å². The predicted octanol–water partition coefficient (Wildman–Crippen LogP) is 4.19. The van der Waals surface area contributed by atoms with E-state index in [4.69, 9.17) is 9.47 Å². The average molecular weight is 303 g/mol. The fourth-order valence-electron chi connectivity index (χ4n) is 2.92. The third-order valence-corrected chi connectivity index (χ3v) is 3.79. The number of benzene rings is 1. The predicted molar refractivity (Wildman–Crippen MR) is 88.7 cm³/mol. The zero-order chi connectivity index (χ0) is 16.1. The first-order valence-corrected chi connectivity index (χ1v) is 8.04. The zero-order valence-corrected chi connectivity index (χ0v) is 13.9. The number of methoxy groups -OCH3 is 1. The van der Waals surface area contributed by atoms with E-state index in [9.17, 15) is 4.79 Å². The highest BCUT2D eigenvalue weighted by Gasteiger charge is 2.23. The van der Waals surface area contributed by atoms with Crippen molar-refractivity contribution in [1.82, 2.24) is 4.57 Å². The highest BCUT2D eigenvalue weighted by Crippen LogP contribution is 2.31. The standard InChI is InChI=1S/C18H25NO3/c1-5-8-14-15-12-13(21-4)9-10-16(15)19(11-6-2)17(14)18(20)22-7-3/h9-10,12H,5-8,11H2,1-4H3. The maximum Gasteiger partial charge on any atom is 0.355 e. The van der Waals surface area contributed by atoms with Gasteiger partial charge in [0.1, 0.15) is 11.4 Å². The minimum absolute atomic E-state index is 0.227. The number of carbonyl (C=O) groups excluding carboxylic acids is 1. The normalized spacial score (nSPS) is 10.9. The average Bonchev–Trinajstić information content (AvgIpc) is 2.82. The molecule has 1 aromatic heterocycles. The van der Waals surface area contributed by atoms with E-state index in [0.29, 0.717) is 12.3 Å². The van der Waals surface area contributed by atoms with E-state index in [2.05, 4.69) is 18.4 Å². The van der Waals surface area contributed by atoms with Gasteiger partial charge in [-0.3, -0.25) is 0 Å². The Morgan fingerprint density at radius 2 is 1.95 bits per heavy atom. The van der Waals surface area contributed by atoms with E-state index < -0.39 is 0 Å². The molecule has 4 heteroatoms. The highest BCUT2D eigenvalue weighted by atomic mass is 16.5. The van der Waals surface area contributed by atoms with Crippen LogP contribution in [-0.2, 0) is 17.7 Å². The van der Waals surface area contributed by atoms with Crippen molar-refractivity contribution >= 4 is 16.9 Å². The van der Waals surface area contributed by atoms with Crippen LogP contribution in [-0.4, -0.2) is 24.3 Å². The van der Waals surface area contributed by atoms with Gasteiger partial charge < -0.3 is 14.0 Å². The van der Waals surface area contributed by atoms with Crippen molar-refractivity contribution in [3.63, 3.8) is 0 Å². The molecule has 22 heavy (non-hydrogen) atoms. The Hall–Kier alpha value is -1.97. The van der Waals surface area contributed by atoms with Gasteiger partial charge in [-0.2, -0.15) is 0 Å². The minimum Gasteiger partial charge on any atom is -0.497 e. The van der Waals surface area contributed by atoms with Crippen LogP contribution in [0.4, 0.5) is 0 Å². The van der Waals surface area contributed by atoms with Gasteiger partial charge in [-0.1, -0.05) is 20.3 Å². The van der Waals surface area contributed by atoms with Crippen LogP contribution in [0.5, 0.6) is 5.75 Å². The third kappa shape index (κ3) is 2.96. The van der Waals surface area contributed by atoms with E-state index >= 15 is 0 Å². The van der Waals surface area contributed by atoms with Crippen LogP contribution in [0.1, 0.15) is 49.7 Å². The summed E-state index contributed by atoms with van der Waals surface area (Å²) in [6.07, 6.45) is 2.80. The summed E-state index contributed by atoms with van der Waals surface area (Å²) in [4.78, 5) is 12.5. The van der Waals surface area contributed by atoms with E-state index in [0.717, 1.165) is 48.0 Å². The van der Waals surface area contributed by atoms with Crippen molar-refractivity contribution in [1.29, 1.82) is 0 Å². The van der Waals surface area contributed by atoms with Crippen molar-refractivity contribution in [2.75, 3.05) is 13.7 Å². The number of nitrogens with zero attached hydrogens (tertiary/aromatic N) is 1. The maximum absolute atomic E-state index is 12.5. The molecule has 0 saturated heterocycles. The summed E-state index contributed by atoms with van der Waals surface area (Å²) in [6.45, 7) is 7.27. The van der Waals surface area contributed by atoms with Crippen molar-refractivity contribution in [3.05, 3.63) is 29.5 Å². The fourth-order valence-corrected chi connectivity index (χ4v) is 2.92. The van der Waals surface area contributed by atoms with E-state index in [1.807, 2.05) is 25.1 Å². The molecule has 0 bridgehead atoms. The molecule has 0 N–H and O–H groups in total. The number of ether oxygens (including phenoxy) is 2. The molecule has 4 nitrogen and oxygen atoms in total. The molecule has 0 atom stereocenters. The smallest absolute Gasteiger partial charge is 0.355 e. The molecule has 2 rings (SSSR count). The monoisotopic (exact) mass is 303 g/mol. The molecule has 0 aliphatic heterocycles. The van der Waals surface area contributed by atoms with Gasteiger partial charge in [-0.05, 0) is 43.5 Å². The number of aryl methyl sites for hydroxylation is 2.